The highest BCUT2D eigenvalue weighted by molar-refractivity contribution is 5.82. The maximum Gasteiger partial charge on any atom is 0.131 e. The van der Waals surface area contributed by atoms with Crippen LogP contribution < -0.4 is 4.74 Å². The molecule has 0 fully saturated rings. The van der Waals surface area contributed by atoms with E-state index in [0.29, 0.717) is 16.9 Å². The molecule has 0 aromatic heterocycles. The monoisotopic (exact) mass is 362 g/mol. The molecule has 0 saturated heterocycles. The van der Waals surface area contributed by atoms with Crippen LogP contribution in [0.25, 0.3) is 23.0 Å². The summed E-state index contributed by atoms with van der Waals surface area (Å²) >= 11 is 0. The summed E-state index contributed by atoms with van der Waals surface area (Å²) in [6.07, 6.45) is 1.55. The van der Waals surface area contributed by atoms with Gasteiger partial charge in [-0.15, -0.1) is 0 Å². The lowest BCUT2D eigenvalue weighted by atomic mass is 9.93. The van der Waals surface area contributed by atoms with Crippen LogP contribution in [0.1, 0.15) is 27.8 Å². The molecule has 3 aromatic carbocycles. The average molecular weight is 362 g/mol. The van der Waals surface area contributed by atoms with Crippen molar-refractivity contribution in [2.45, 2.75) is 20.5 Å². The quantitative estimate of drug-likeness (QED) is 0.569. The van der Waals surface area contributed by atoms with Gasteiger partial charge in [-0.1, -0.05) is 54.6 Å². The fourth-order valence-electron chi connectivity index (χ4n) is 3.22. The minimum absolute atomic E-state index is 0.146. The number of hydrogen-bond acceptors (Lipinski definition) is 2. The van der Waals surface area contributed by atoms with Gasteiger partial charge in [-0.05, 0) is 53.8 Å². The van der Waals surface area contributed by atoms with Crippen LogP contribution in [0.5, 0.6) is 5.75 Å². The Hall–Kier alpha value is -2.91. The molecule has 0 heterocycles. The van der Waals surface area contributed by atoms with Gasteiger partial charge < -0.3 is 9.84 Å². The molecule has 0 radical (unpaired) electrons. The van der Waals surface area contributed by atoms with Crippen molar-refractivity contribution in [2.24, 2.45) is 0 Å². The SMILES string of the molecule is COc1cc(C(F)=Cc2cccc(-c3ccccc3C)c2C)ccc1CO. The summed E-state index contributed by atoms with van der Waals surface area (Å²) in [7, 11) is 1.51. The van der Waals surface area contributed by atoms with Gasteiger partial charge in [-0.2, -0.15) is 0 Å². The summed E-state index contributed by atoms with van der Waals surface area (Å²) in [6, 6.07) is 19.1. The number of halogens is 1. The highest BCUT2D eigenvalue weighted by Gasteiger charge is 2.10. The van der Waals surface area contributed by atoms with Gasteiger partial charge in [-0.3, -0.25) is 0 Å². The van der Waals surface area contributed by atoms with Crippen LogP contribution in [0.4, 0.5) is 4.39 Å². The number of hydrogen-bond donors (Lipinski definition) is 1. The Labute approximate surface area is 159 Å². The molecule has 0 aliphatic carbocycles. The summed E-state index contributed by atoms with van der Waals surface area (Å²) in [6.45, 7) is 3.94. The van der Waals surface area contributed by atoms with E-state index in [1.807, 2.05) is 31.2 Å². The maximum atomic E-state index is 14.9. The molecule has 3 heteroatoms. The van der Waals surface area contributed by atoms with Crippen molar-refractivity contribution in [3.05, 3.63) is 88.5 Å². The predicted octanol–water partition coefficient (Wildman–Crippen LogP) is 5.94. The van der Waals surface area contributed by atoms with Crippen molar-refractivity contribution in [1.82, 2.24) is 0 Å². The van der Waals surface area contributed by atoms with Gasteiger partial charge in [-0.25, -0.2) is 4.39 Å². The molecule has 0 unspecified atom stereocenters. The molecule has 2 nitrogen and oxygen atoms in total. The van der Waals surface area contributed by atoms with Gasteiger partial charge >= 0.3 is 0 Å². The van der Waals surface area contributed by atoms with Gasteiger partial charge in [0.2, 0.25) is 0 Å². The molecule has 0 bridgehead atoms. The Morgan fingerprint density at radius 3 is 2.44 bits per heavy atom. The van der Waals surface area contributed by atoms with E-state index >= 15 is 0 Å². The molecular weight excluding hydrogens is 339 g/mol. The van der Waals surface area contributed by atoms with E-state index in [2.05, 4.69) is 25.1 Å². The van der Waals surface area contributed by atoms with Crippen molar-refractivity contribution in [3.8, 4) is 16.9 Å². The Morgan fingerprint density at radius 2 is 1.74 bits per heavy atom. The van der Waals surface area contributed by atoms with Crippen LogP contribution in [0.2, 0.25) is 0 Å². The molecule has 1 N–H and O–H groups in total. The first-order valence-electron chi connectivity index (χ1n) is 8.86. The second kappa shape index (κ2) is 8.19. The molecule has 0 atom stereocenters. The van der Waals surface area contributed by atoms with Gasteiger partial charge in [0.25, 0.3) is 0 Å². The van der Waals surface area contributed by atoms with Crippen molar-refractivity contribution in [1.29, 1.82) is 0 Å². The lowest BCUT2D eigenvalue weighted by molar-refractivity contribution is 0.274. The second-order valence-electron chi connectivity index (χ2n) is 6.51. The summed E-state index contributed by atoms with van der Waals surface area (Å²) < 4.78 is 20.1. The topological polar surface area (TPSA) is 29.5 Å². The zero-order valence-electron chi connectivity index (χ0n) is 15.8. The Morgan fingerprint density at radius 1 is 1.00 bits per heavy atom. The zero-order valence-corrected chi connectivity index (χ0v) is 15.8. The smallest absolute Gasteiger partial charge is 0.131 e. The minimum Gasteiger partial charge on any atom is -0.496 e. The van der Waals surface area contributed by atoms with Gasteiger partial charge in [0, 0.05) is 11.1 Å². The van der Waals surface area contributed by atoms with Crippen molar-refractivity contribution in [3.63, 3.8) is 0 Å². The molecule has 138 valence electrons. The zero-order chi connectivity index (χ0) is 19.4. The number of aryl methyl sites for hydroxylation is 1. The Balaban J connectivity index is 2.03. The van der Waals surface area contributed by atoms with Crippen molar-refractivity contribution >= 4 is 11.9 Å². The first kappa shape index (κ1) is 18.9. The van der Waals surface area contributed by atoms with E-state index in [0.717, 1.165) is 22.3 Å². The molecule has 0 aliphatic heterocycles. The third-order valence-corrected chi connectivity index (χ3v) is 4.83. The largest absolute Gasteiger partial charge is 0.496 e. The van der Waals surface area contributed by atoms with E-state index in [1.54, 1.807) is 24.3 Å². The van der Waals surface area contributed by atoms with Gasteiger partial charge in [0.15, 0.2) is 0 Å². The van der Waals surface area contributed by atoms with Crippen LogP contribution >= 0.6 is 0 Å². The predicted molar refractivity (Wildman–Crippen MR) is 109 cm³/mol. The van der Waals surface area contributed by atoms with Crippen molar-refractivity contribution < 1.29 is 14.2 Å². The number of ether oxygens (including phenoxy) is 1. The van der Waals surface area contributed by atoms with Crippen LogP contribution in [-0.2, 0) is 6.61 Å². The van der Waals surface area contributed by atoms with Crippen LogP contribution in [0.3, 0.4) is 0 Å². The van der Waals surface area contributed by atoms with E-state index in [-0.39, 0.29) is 12.4 Å². The molecule has 27 heavy (non-hydrogen) atoms. The fourth-order valence-corrected chi connectivity index (χ4v) is 3.22. The van der Waals surface area contributed by atoms with Gasteiger partial charge in [0.05, 0.1) is 13.7 Å². The Bertz CT molecular complexity index is 989. The standard InChI is InChI=1S/C24H23FO2/c1-16-7-4-5-9-21(16)22-10-6-8-18(17(22)2)13-23(25)19-11-12-20(15-26)24(14-19)27-3/h4-14,26H,15H2,1-3H3. The first-order valence-corrected chi connectivity index (χ1v) is 8.86. The highest BCUT2D eigenvalue weighted by Crippen LogP contribution is 2.31. The number of aliphatic hydroxyl groups is 1. The minimum atomic E-state index is -0.345. The number of aliphatic hydroxyl groups excluding tert-OH is 1. The summed E-state index contributed by atoms with van der Waals surface area (Å²) in [5.41, 5.74) is 6.35. The maximum absolute atomic E-state index is 14.9. The normalized spacial score (nSPS) is 11.5. The molecular formula is C24H23FO2. The molecule has 3 rings (SSSR count). The number of methoxy groups -OCH3 is 1. The summed E-state index contributed by atoms with van der Waals surface area (Å²) in [4.78, 5) is 0. The first-order chi connectivity index (χ1) is 13.0. The van der Waals surface area contributed by atoms with E-state index in [4.69, 9.17) is 4.74 Å². The molecule has 3 aromatic rings. The van der Waals surface area contributed by atoms with Crippen LogP contribution in [-0.4, -0.2) is 12.2 Å². The van der Waals surface area contributed by atoms with Crippen LogP contribution in [0.15, 0.2) is 60.7 Å². The van der Waals surface area contributed by atoms with E-state index in [9.17, 15) is 9.50 Å². The summed E-state index contributed by atoms with van der Waals surface area (Å²) in [5.74, 6) is 0.131. The van der Waals surface area contributed by atoms with Gasteiger partial charge in [0.1, 0.15) is 11.6 Å². The second-order valence-corrected chi connectivity index (χ2v) is 6.51. The number of benzene rings is 3. The van der Waals surface area contributed by atoms with E-state index < -0.39 is 0 Å². The summed E-state index contributed by atoms with van der Waals surface area (Å²) in [5, 5.41) is 9.32. The molecule has 0 amide bonds. The molecule has 0 aliphatic rings. The third-order valence-electron chi connectivity index (χ3n) is 4.83. The fraction of sp³-hybridized carbons (Fsp3) is 0.167. The van der Waals surface area contributed by atoms with Crippen molar-refractivity contribution in [2.75, 3.05) is 7.11 Å². The molecule has 0 spiro atoms. The lowest BCUT2D eigenvalue weighted by Crippen LogP contribution is -1.93. The third kappa shape index (κ3) is 3.93. The highest BCUT2D eigenvalue weighted by atomic mass is 19.1. The number of rotatable bonds is 5. The lowest BCUT2D eigenvalue weighted by Gasteiger charge is -2.12. The average Bonchev–Trinajstić information content (AvgIpc) is 2.69. The Kier molecular flexibility index (Phi) is 5.72. The van der Waals surface area contributed by atoms with Crippen LogP contribution in [0, 0.1) is 13.8 Å². The molecule has 0 saturated carbocycles. The van der Waals surface area contributed by atoms with E-state index in [1.165, 1.54) is 12.7 Å².